The summed E-state index contributed by atoms with van der Waals surface area (Å²) in [6, 6.07) is 10.6. The molecule has 3 atom stereocenters. The molecule has 2 aromatic rings. The summed E-state index contributed by atoms with van der Waals surface area (Å²) < 4.78 is 48.1. The molecule has 0 radical (unpaired) electrons. The van der Waals surface area contributed by atoms with Crippen molar-refractivity contribution < 1.29 is 37.0 Å². The topological polar surface area (TPSA) is 147 Å². The lowest BCUT2D eigenvalue weighted by Gasteiger charge is -2.22. The van der Waals surface area contributed by atoms with Crippen molar-refractivity contribution in [1.29, 1.82) is 5.26 Å². The van der Waals surface area contributed by atoms with E-state index in [-0.39, 0.29) is 53.2 Å². The Labute approximate surface area is 251 Å². The predicted octanol–water partition coefficient (Wildman–Crippen LogP) is 3.95. The number of benzene rings is 2. The highest BCUT2D eigenvalue weighted by atomic mass is 19.4. The first-order valence-electron chi connectivity index (χ1n) is 14.1. The average molecular weight is 610 g/mol. The Bertz CT molecular complexity index is 1560. The number of carbonyl (C=O) groups is 3. The Hall–Kier alpha value is -4.70. The van der Waals surface area contributed by atoms with Gasteiger partial charge in [0.1, 0.15) is 17.6 Å². The second-order valence-corrected chi connectivity index (χ2v) is 11.1. The number of rotatable bonds is 9. The summed E-state index contributed by atoms with van der Waals surface area (Å²) in [5.41, 5.74) is 8.00. The zero-order valence-electron chi connectivity index (χ0n) is 23.6. The Balaban J connectivity index is 1.15. The minimum atomic E-state index is -4.90. The van der Waals surface area contributed by atoms with Crippen LogP contribution in [0.5, 0.6) is 11.5 Å². The Morgan fingerprint density at radius 1 is 1.14 bits per heavy atom. The summed E-state index contributed by atoms with van der Waals surface area (Å²) in [7, 11) is 0. The molecule has 230 valence electrons. The molecule has 2 fully saturated rings. The fourth-order valence-electron chi connectivity index (χ4n) is 5.82. The molecule has 2 aromatic carbocycles. The molecular formula is C31H30F3N5O5. The van der Waals surface area contributed by atoms with Gasteiger partial charge in [0.15, 0.2) is 5.78 Å². The van der Waals surface area contributed by atoms with Crippen molar-refractivity contribution in [3.05, 3.63) is 64.9 Å². The van der Waals surface area contributed by atoms with Gasteiger partial charge in [-0.2, -0.15) is 5.26 Å². The fourth-order valence-corrected chi connectivity index (χ4v) is 5.82. The van der Waals surface area contributed by atoms with Gasteiger partial charge >= 0.3 is 6.36 Å². The summed E-state index contributed by atoms with van der Waals surface area (Å²) >= 11 is 0. The Morgan fingerprint density at radius 3 is 2.68 bits per heavy atom. The molecule has 44 heavy (non-hydrogen) atoms. The van der Waals surface area contributed by atoms with Gasteiger partial charge in [0.25, 0.3) is 0 Å². The number of fused-ring (bicyclic) bond motifs is 1. The lowest BCUT2D eigenvalue weighted by Crippen LogP contribution is -2.41. The van der Waals surface area contributed by atoms with Gasteiger partial charge in [-0.05, 0) is 73.4 Å². The van der Waals surface area contributed by atoms with Crippen LogP contribution in [0.3, 0.4) is 0 Å². The van der Waals surface area contributed by atoms with Crippen molar-refractivity contribution in [1.82, 2.24) is 10.2 Å². The first-order chi connectivity index (χ1) is 21.0. The lowest BCUT2D eigenvalue weighted by molar-refractivity contribution is -0.274. The number of nitrogens with zero attached hydrogens (tertiary/aromatic N) is 3. The van der Waals surface area contributed by atoms with Crippen LogP contribution in [0.1, 0.15) is 47.2 Å². The number of alkyl halides is 3. The third-order valence-corrected chi connectivity index (χ3v) is 7.89. The van der Waals surface area contributed by atoms with Gasteiger partial charge in [-0.25, -0.2) is 0 Å². The van der Waals surface area contributed by atoms with E-state index in [0.29, 0.717) is 55.8 Å². The van der Waals surface area contributed by atoms with Gasteiger partial charge in [-0.15, -0.1) is 13.2 Å². The third kappa shape index (κ3) is 7.62. The number of aliphatic imine (C=N–C) groups is 1. The predicted molar refractivity (Wildman–Crippen MR) is 152 cm³/mol. The summed E-state index contributed by atoms with van der Waals surface area (Å²) in [6.07, 6.45) is 0.193. The maximum absolute atomic E-state index is 13.0. The summed E-state index contributed by atoms with van der Waals surface area (Å²) in [6.45, 7) is 1.72. The molecule has 1 aliphatic carbocycles. The first kappa shape index (κ1) is 30.7. The van der Waals surface area contributed by atoms with Crippen molar-refractivity contribution >= 4 is 29.5 Å². The van der Waals surface area contributed by atoms with Crippen molar-refractivity contribution in [2.45, 2.75) is 44.6 Å². The minimum absolute atomic E-state index is 0.00880. The van der Waals surface area contributed by atoms with E-state index >= 15 is 0 Å². The van der Waals surface area contributed by atoms with Crippen molar-refractivity contribution in [3.63, 3.8) is 0 Å². The number of amides is 2. The van der Waals surface area contributed by atoms with Gasteiger partial charge in [0.2, 0.25) is 11.8 Å². The van der Waals surface area contributed by atoms with Crippen molar-refractivity contribution in [2.24, 2.45) is 22.6 Å². The van der Waals surface area contributed by atoms with E-state index in [0.717, 1.165) is 24.1 Å². The number of ketones is 1. The fraction of sp³-hybridized carbons (Fsp3) is 0.387. The zero-order chi connectivity index (χ0) is 31.4. The molecule has 10 nitrogen and oxygen atoms in total. The third-order valence-electron chi connectivity index (χ3n) is 7.89. The van der Waals surface area contributed by atoms with E-state index in [2.05, 4.69) is 19.9 Å². The van der Waals surface area contributed by atoms with E-state index < -0.39 is 12.1 Å². The van der Waals surface area contributed by atoms with E-state index in [1.807, 2.05) is 6.07 Å². The lowest BCUT2D eigenvalue weighted by atomic mass is 9.86. The Morgan fingerprint density at radius 2 is 1.95 bits per heavy atom. The number of hydrogen-bond acceptors (Lipinski definition) is 9. The highest BCUT2D eigenvalue weighted by molar-refractivity contribution is 6.03. The van der Waals surface area contributed by atoms with Gasteiger partial charge in [0.05, 0.1) is 17.3 Å². The maximum Gasteiger partial charge on any atom is 0.573 e. The molecule has 0 bridgehead atoms. The van der Waals surface area contributed by atoms with Crippen molar-refractivity contribution in [3.8, 4) is 17.6 Å². The molecular weight excluding hydrogens is 579 g/mol. The number of hydrogen-bond donors (Lipinski definition) is 2. The Kier molecular flexibility index (Phi) is 9.01. The second kappa shape index (κ2) is 12.9. The zero-order valence-corrected chi connectivity index (χ0v) is 23.6. The second-order valence-electron chi connectivity index (χ2n) is 11.1. The van der Waals surface area contributed by atoms with Crippen LogP contribution in [-0.4, -0.2) is 60.8 Å². The maximum atomic E-state index is 13.0. The molecule has 2 unspecified atom stereocenters. The molecule has 3 aliphatic rings. The van der Waals surface area contributed by atoms with Gasteiger partial charge in [-0.1, -0.05) is 0 Å². The molecule has 13 heteroatoms. The number of nitrogens with two attached hydrogens (primary N) is 1. The SMILES string of the molecule is N#Cc1cc(N=C/C(=C\N)CN2CC[C@H](Oc3ccc4c(c3)CC(CC3CCC(=O)NC3=O)C4=O)C2)cc(OC(F)(F)F)c1. The monoisotopic (exact) mass is 609 g/mol. The number of halogens is 3. The van der Waals surface area contributed by atoms with Gasteiger partial charge < -0.3 is 15.2 Å². The standard InChI is InChI=1S/C31H30F3N5O5/c32-31(33,34)44-26-8-18(13-35)7-23(12-26)37-15-19(14-36)16-39-6-5-25(17-39)43-24-2-3-27-21(11-24)10-22(29(27)41)9-20-1-4-28(40)38-30(20)42/h2-3,7-8,11-12,14-15,20,22,25H,1,4-6,9-10,16-17,36H2,(H,38,40,42)/b19-14+,37-15?/t20?,22?,25-/m0/s1. The van der Waals surface area contributed by atoms with E-state index in [1.54, 1.807) is 18.2 Å². The van der Waals surface area contributed by atoms with Crippen LogP contribution in [0.4, 0.5) is 18.9 Å². The van der Waals surface area contributed by atoms with E-state index in [1.165, 1.54) is 18.5 Å². The van der Waals surface area contributed by atoms with Crippen LogP contribution in [0.2, 0.25) is 0 Å². The van der Waals surface area contributed by atoms with E-state index in [4.69, 9.17) is 15.7 Å². The van der Waals surface area contributed by atoms with Gasteiger partial charge in [-0.3, -0.25) is 29.6 Å². The summed E-state index contributed by atoms with van der Waals surface area (Å²) in [5.74, 6) is -1.12. The quantitative estimate of drug-likeness (QED) is 0.321. The van der Waals surface area contributed by atoms with Gasteiger partial charge in [0, 0.05) is 55.7 Å². The number of Topliss-reactive ketones (excluding diaryl/α,β-unsaturated/α-hetero) is 1. The smallest absolute Gasteiger partial charge is 0.489 e. The molecule has 0 aromatic heterocycles. The van der Waals surface area contributed by atoms with Crippen LogP contribution >= 0.6 is 0 Å². The highest BCUT2D eigenvalue weighted by Gasteiger charge is 2.36. The molecule has 2 aliphatic heterocycles. The highest BCUT2D eigenvalue weighted by Crippen LogP contribution is 2.35. The molecule has 0 saturated carbocycles. The first-order valence-corrected chi connectivity index (χ1v) is 14.1. The molecule has 2 heterocycles. The van der Waals surface area contributed by atoms with Crippen LogP contribution in [0, 0.1) is 23.2 Å². The molecule has 3 N–H and O–H groups in total. The number of nitrogens with one attached hydrogen (secondary N) is 1. The molecule has 0 spiro atoms. The molecule has 5 rings (SSSR count). The molecule has 2 saturated heterocycles. The number of likely N-dealkylation sites (tertiary alicyclic amines) is 1. The number of ether oxygens (including phenoxy) is 2. The normalized spacial score (nSPS) is 22.6. The largest absolute Gasteiger partial charge is 0.573 e. The van der Waals surface area contributed by atoms with Crippen LogP contribution in [0.15, 0.2) is 53.2 Å². The number of nitriles is 1. The summed E-state index contributed by atoms with van der Waals surface area (Å²) in [5, 5.41) is 11.5. The minimum Gasteiger partial charge on any atom is -0.489 e. The number of piperidine rings is 1. The van der Waals surface area contributed by atoms with Crippen LogP contribution in [-0.2, 0) is 16.0 Å². The van der Waals surface area contributed by atoms with Crippen LogP contribution in [0.25, 0.3) is 0 Å². The number of imide groups is 1. The average Bonchev–Trinajstić information content (AvgIpc) is 3.54. The van der Waals surface area contributed by atoms with Crippen molar-refractivity contribution in [2.75, 3.05) is 19.6 Å². The van der Waals surface area contributed by atoms with E-state index in [9.17, 15) is 27.6 Å². The summed E-state index contributed by atoms with van der Waals surface area (Å²) in [4.78, 5) is 42.9. The number of carbonyl (C=O) groups excluding carboxylic acids is 3. The van der Waals surface area contributed by atoms with Crippen LogP contribution < -0.4 is 20.5 Å². The molecule has 2 amide bonds.